The zero-order chi connectivity index (χ0) is 17.6. The van der Waals surface area contributed by atoms with Gasteiger partial charge in [0.05, 0.1) is 18.9 Å². The average molecular weight is 345 g/mol. The molecule has 1 saturated heterocycles. The molecule has 3 aromatic rings. The molecule has 0 unspecified atom stereocenters. The molecule has 0 amide bonds. The summed E-state index contributed by atoms with van der Waals surface area (Å²) >= 11 is 0. The summed E-state index contributed by atoms with van der Waals surface area (Å²) in [6.45, 7) is 3.20. The van der Waals surface area contributed by atoms with Crippen molar-refractivity contribution in [2.45, 2.75) is 26.1 Å². The maximum absolute atomic E-state index is 5.91. The van der Waals surface area contributed by atoms with Gasteiger partial charge < -0.3 is 9.64 Å². The van der Waals surface area contributed by atoms with Crippen LogP contribution in [-0.2, 0) is 18.0 Å². The molecule has 1 aliphatic rings. The van der Waals surface area contributed by atoms with E-state index in [1.807, 2.05) is 36.4 Å². The Hall–Kier alpha value is -2.72. The topological polar surface area (TPSA) is 38.2 Å². The Labute approximate surface area is 154 Å². The molecular formula is C22H23N3O. The molecule has 4 nitrogen and oxygen atoms in total. The van der Waals surface area contributed by atoms with Gasteiger partial charge >= 0.3 is 0 Å². The van der Waals surface area contributed by atoms with Gasteiger partial charge in [-0.25, -0.2) is 9.97 Å². The zero-order valence-corrected chi connectivity index (χ0v) is 14.8. The lowest BCUT2D eigenvalue weighted by molar-refractivity contribution is 0.104. The largest absolute Gasteiger partial charge is 0.370 e. The molecular weight excluding hydrogens is 322 g/mol. The van der Waals surface area contributed by atoms with Gasteiger partial charge in [0.25, 0.3) is 0 Å². The first-order valence-electron chi connectivity index (χ1n) is 9.18. The molecule has 1 aliphatic heterocycles. The number of hydrogen-bond donors (Lipinski definition) is 0. The summed E-state index contributed by atoms with van der Waals surface area (Å²) in [4.78, 5) is 11.9. The predicted octanol–water partition coefficient (Wildman–Crippen LogP) is 4.46. The third kappa shape index (κ3) is 4.09. The van der Waals surface area contributed by atoms with E-state index in [1.54, 1.807) is 0 Å². The lowest BCUT2D eigenvalue weighted by atomic mass is 10.2. The lowest BCUT2D eigenvalue weighted by Crippen LogP contribution is -2.20. The van der Waals surface area contributed by atoms with Gasteiger partial charge in [0, 0.05) is 24.7 Å². The fourth-order valence-electron chi connectivity index (χ4n) is 3.23. The van der Waals surface area contributed by atoms with Crippen LogP contribution in [0.25, 0.3) is 11.4 Å². The van der Waals surface area contributed by atoms with E-state index in [1.165, 1.54) is 18.4 Å². The van der Waals surface area contributed by atoms with Crippen LogP contribution in [-0.4, -0.2) is 23.1 Å². The number of nitrogens with zero attached hydrogens (tertiary/aromatic N) is 3. The quantitative estimate of drug-likeness (QED) is 0.661. The Morgan fingerprint density at radius 3 is 2.23 bits per heavy atom. The highest BCUT2D eigenvalue weighted by Gasteiger charge is 2.16. The average Bonchev–Trinajstić information content (AvgIpc) is 3.24. The number of anilines is 1. The van der Waals surface area contributed by atoms with E-state index in [9.17, 15) is 0 Å². The Bertz CT molecular complexity index is 831. The van der Waals surface area contributed by atoms with Gasteiger partial charge in [-0.05, 0) is 18.4 Å². The van der Waals surface area contributed by atoms with Crippen LogP contribution in [0.3, 0.4) is 0 Å². The molecule has 2 aromatic carbocycles. The molecule has 0 N–H and O–H groups in total. The van der Waals surface area contributed by atoms with Crippen molar-refractivity contribution in [1.29, 1.82) is 0 Å². The number of ether oxygens (including phenoxy) is 1. The number of aromatic nitrogens is 2. The molecule has 0 bridgehead atoms. The maximum Gasteiger partial charge on any atom is 0.161 e. The summed E-state index contributed by atoms with van der Waals surface area (Å²) in [5.74, 6) is 1.78. The van der Waals surface area contributed by atoms with Gasteiger partial charge in [-0.3, -0.25) is 0 Å². The van der Waals surface area contributed by atoms with Crippen LogP contribution in [0.4, 0.5) is 5.82 Å². The first kappa shape index (κ1) is 16.7. The Morgan fingerprint density at radius 1 is 0.808 bits per heavy atom. The minimum absolute atomic E-state index is 0.484. The molecule has 0 radical (unpaired) electrons. The van der Waals surface area contributed by atoms with Crippen LogP contribution in [0.5, 0.6) is 0 Å². The zero-order valence-electron chi connectivity index (χ0n) is 14.8. The molecule has 2 heterocycles. The fourth-order valence-corrected chi connectivity index (χ4v) is 3.23. The molecule has 1 fully saturated rings. The summed E-state index contributed by atoms with van der Waals surface area (Å²) in [6.07, 6.45) is 2.45. The number of benzene rings is 2. The van der Waals surface area contributed by atoms with E-state index >= 15 is 0 Å². The SMILES string of the molecule is c1ccc(COCc2cc(N3CCCC3)nc(-c3ccccc3)n2)cc1. The van der Waals surface area contributed by atoms with Gasteiger partial charge in [0.15, 0.2) is 5.82 Å². The fraction of sp³-hybridized carbons (Fsp3) is 0.273. The third-order valence-corrected chi connectivity index (χ3v) is 4.59. The van der Waals surface area contributed by atoms with E-state index in [4.69, 9.17) is 14.7 Å². The van der Waals surface area contributed by atoms with Crippen molar-refractivity contribution in [2.75, 3.05) is 18.0 Å². The highest BCUT2D eigenvalue weighted by Crippen LogP contribution is 2.23. The van der Waals surface area contributed by atoms with Gasteiger partial charge in [-0.1, -0.05) is 60.7 Å². The van der Waals surface area contributed by atoms with E-state index in [2.05, 4.69) is 35.2 Å². The van der Waals surface area contributed by atoms with E-state index in [-0.39, 0.29) is 0 Å². The monoisotopic (exact) mass is 345 g/mol. The van der Waals surface area contributed by atoms with Crippen LogP contribution in [0, 0.1) is 0 Å². The van der Waals surface area contributed by atoms with Gasteiger partial charge in [-0.2, -0.15) is 0 Å². The van der Waals surface area contributed by atoms with Crippen LogP contribution >= 0.6 is 0 Å². The van der Waals surface area contributed by atoms with Crippen molar-refractivity contribution in [3.63, 3.8) is 0 Å². The van der Waals surface area contributed by atoms with Crippen LogP contribution < -0.4 is 4.90 Å². The third-order valence-electron chi connectivity index (χ3n) is 4.59. The van der Waals surface area contributed by atoms with Crippen LogP contribution in [0.15, 0.2) is 66.7 Å². The summed E-state index contributed by atoms with van der Waals surface area (Å²) in [7, 11) is 0. The molecule has 0 atom stereocenters. The van der Waals surface area contributed by atoms with Crippen molar-refractivity contribution in [2.24, 2.45) is 0 Å². The molecule has 1 aromatic heterocycles. The first-order valence-corrected chi connectivity index (χ1v) is 9.18. The Morgan fingerprint density at radius 2 is 1.50 bits per heavy atom. The van der Waals surface area contributed by atoms with Gasteiger partial charge in [0.2, 0.25) is 0 Å². The maximum atomic E-state index is 5.91. The summed E-state index contributed by atoms with van der Waals surface area (Å²) < 4.78 is 5.91. The van der Waals surface area contributed by atoms with Crippen LogP contribution in [0.1, 0.15) is 24.1 Å². The first-order chi connectivity index (χ1) is 12.9. The van der Waals surface area contributed by atoms with Crippen molar-refractivity contribution in [3.05, 3.63) is 78.0 Å². The number of hydrogen-bond acceptors (Lipinski definition) is 4. The normalized spacial score (nSPS) is 13.9. The highest BCUT2D eigenvalue weighted by molar-refractivity contribution is 5.58. The molecule has 132 valence electrons. The van der Waals surface area contributed by atoms with Gasteiger partial charge in [0.1, 0.15) is 5.82 Å². The second kappa shape index (κ2) is 8.11. The van der Waals surface area contributed by atoms with Crippen LogP contribution in [0.2, 0.25) is 0 Å². The minimum Gasteiger partial charge on any atom is -0.370 e. The van der Waals surface area contributed by atoms with Crippen molar-refractivity contribution >= 4 is 5.82 Å². The summed E-state index contributed by atoms with van der Waals surface area (Å²) in [5, 5.41) is 0. The molecule has 4 rings (SSSR count). The Kier molecular flexibility index (Phi) is 5.22. The molecule has 4 heteroatoms. The van der Waals surface area contributed by atoms with Crippen molar-refractivity contribution in [3.8, 4) is 11.4 Å². The standard InChI is InChI=1S/C22H23N3O/c1-3-9-18(10-4-1)16-26-17-20-15-21(25-13-7-8-14-25)24-22(23-20)19-11-5-2-6-12-19/h1-6,9-12,15H,7-8,13-14,16-17H2. The van der Waals surface area contributed by atoms with Crippen molar-refractivity contribution < 1.29 is 4.74 Å². The molecule has 26 heavy (non-hydrogen) atoms. The summed E-state index contributed by atoms with van der Waals surface area (Å²) in [5.41, 5.74) is 3.14. The van der Waals surface area contributed by atoms with Crippen molar-refractivity contribution in [1.82, 2.24) is 9.97 Å². The van der Waals surface area contributed by atoms with E-state index in [0.717, 1.165) is 36.0 Å². The van der Waals surface area contributed by atoms with E-state index in [0.29, 0.717) is 13.2 Å². The minimum atomic E-state index is 0.484. The predicted molar refractivity (Wildman–Crippen MR) is 104 cm³/mol. The molecule has 0 saturated carbocycles. The second-order valence-electron chi connectivity index (χ2n) is 6.58. The summed E-state index contributed by atoms with van der Waals surface area (Å²) in [6, 6.07) is 22.5. The van der Waals surface area contributed by atoms with Gasteiger partial charge in [-0.15, -0.1) is 0 Å². The second-order valence-corrected chi connectivity index (χ2v) is 6.58. The molecule has 0 spiro atoms. The lowest BCUT2D eigenvalue weighted by Gasteiger charge is -2.18. The smallest absolute Gasteiger partial charge is 0.161 e. The molecule has 0 aliphatic carbocycles. The highest BCUT2D eigenvalue weighted by atomic mass is 16.5. The number of rotatable bonds is 6. The van der Waals surface area contributed by atoms with E-state index < -0.39 is 0 Å². The Balaban J connectivity index is 1.55.